The third-order valence-corrected chi connectivity index (χ3v) is 3.47. The van der Waals surface area contributed by atoms with Gasteiger partial charge in [-0.1, -0.05) is 6.92 Å². The quantitative estimate of drug-likeness (QED) is 0.732. The maximum Gasteiger partial charge on any atom is 0.311 e. The van der Waals surface area contributed by atoms with Crippen molar-refractivity contribution in [1.82, 2.24) is 0 Å². The second-order valence-corrected chi connectivity index (χ2v) is 4.97. The van der Waals surface area contributed by atoms with Gasteiger partial charge in [0.05, 0.1) is 5.41 Å². The fourth-order valence-corrected chi connectivity index (χ4v) is 1.70. The highest BCUT2D eigenvalue weighted by molar-refractivity contribution is 5.94. The molecule has 5 nitrogen and oxygen atoms in total. The Morgan fingerprint density at radius 3 is 2.47 bits per heavy atom. The first kappa shape index (κ1) is 15.0. The van der Waals surface area contributed by atoms with Crippen molar-refractivity contribution < 1.29 is 14.7 Å². The fourth-order valence-electron chi connectivity index (χ4n) is 1.70. The lowest BCUT2D eigenvalue weighted by Crippen LogP contribution is -2.34. The van der Waals surface area contributed by atoms with Crippen molar-refractivity contribution in [1.29, 1.82) is 0 Å². The highest BCUT2D eigenvalue weighted by atomic mass is 16.4. The Hall–Kier alpha value is -2.04. The zero-order valence-corrected chi connectivity index (χ0v) is 11.5. The van der Waals surface area contributed by atoms with E-state index in [0.29, 0.717) is 18.5 Å². The van der Waals surface area contributed by atoms with E-state index in [1.807, 2.05) is 6.92 Å². The first-order valence-electron chi connectivity index (χ1n) is 6.18. The number of nitrogens with one attached hydrogen (secondary N) is 1. The molecule has 0 aliphatic heterocycles. The predicted molar refractivity (Wildman–Crippen MR) is 74.2 cm³/mol. The Balaban J connectivity index is 2.82. The van der Waals surface area contributed by atoms with Gasteiger partial charge in [-0.2, -0.15) is 0 Å². The van der Waals surface area contributed by atoms with Crippen LogP contribution < -0.4 is 11.1 Å². The molecule has 0 heterocycles. The molecular weight excluding hydrogens is 244 g/mol. The summed E-state index contributed by atoms with van der Waals surface area (Å²) in [5.41, 5.74) is 6.45. The minimum Gasteiger partial charge on any atom is -0.481 e. The summed E-state index contributed by atoms with van der Waals surface area (Å²) in [6.07, 6.45) is 0.535. The molecule has 1 aromatic carbocycles. The van der Waals surface area contributed by atoms with Crippen LogP contribution >= 0.6 is 0 Å². The van der Waals surface area contributed by atoms with Crippen molar-refractivity contribution in [3.05, 3.63) is 29.3 Å². The number of benzene rings is 1. The Morgan fingerprint density at radius 1 is 1.42 bits per heavy atom. The molecule has 1 aromatic rings. The maximum absolute atomic E-state index is 11.2. The van der Waals surface area contributed by atoms with Gasteiger partial charge in [0.15, 0.2) is 0 Å². The second kappa shape index (κ2) is 5.73. The van der Waals surface area contributed by atoms with Crippen LogP contribution in [-0.4, -0.2) is 23.5 Å². The van der Waals surface area contributed by atoms with Crippen LogP contribution in [0.25, 0.3) is 0 Å². The van der Waals surface area contributed by atoms with Gasteiger partial charge in [0.1, 0.15) is 0 Å². The average molecular weight is 264 g/mol. The Kier molecular flexibility index (Phi) is 4.53. The number of carboxylic acids is 1. The molecule has 0 fully saturated rings. The molecule has 1 amide bonds. The van der Waals surface area contributed by atoms with Gasteiger partial charge in [-0.15, -0.1) is 0 Å². The molecule has 0 bridgehead atoms. The van der Waals surface area contributed by atoms with Crippen molar-refractivity contribution in [2.24, 2.45) is 11.1 Å². The number of rotatable bonds is 6. The SMILES string of the molecule is CCC(C)(CNc1ccc(C(N)=O)c(C)c1)C(=O)O. The van der Waals surface area contributed by atoms with E-state index >= 15 is 0 Å². The van der Waals surface area contributed by atoms with Gasteiger partial charge in [-0.25, -0.2) is 0 Å². The van der Waals surface area contributed by atoms with Crippen LogP contribution in [0.2, 0.25) is 0 Å². The molecule has 1 rings (SSSR count). The largest absolute Gasteiger partial charge is 0.481 e. The molecule has 0 radical (unpaired) electrons. The van der Waals surface area contributed by atoms with Crippen LogP contribution in [0, 0.1) is 12.3 Å². The number of nitrogens with two attached hydrogens (primary N) is 1. The molecule has 4 N–H and O–H groups in total. The van der Waals surface area contributed by atoms with E-state index in [0.717, 1.165) is 11.3 Å². The Bertz CT molecular complexity index is 499. The number of carboxylic acid groups (broad SMARTS) is 1. The number of aryl methyl sites for hydroxylation is 1. The smallest absolute Gasteiger partial charge is 0.311 e. The number of carbonyl (C=O) groups excluding carboxylic acids is 1. The highest BCUT2D eigenvalue weighted by Gasteiger charge is 2.30. The van der Waals surface area contributed by atoms with Crippen molar-refractivity contribution in [2.45, 2.75) is 27.2 Å². The summed E-state index contributed by atoms with van der Waals surface area (Å²) in [5.74, 6) is -1.29. The van der Waals surface area contributed by atoms with Crippen molar-refractivity contribution in [2.75, 3.05) is 11.9 Å². The lowest BCUT2D eigenvalue weighted by atomic mass is 9.87. The first-order valence-corrected chi connectivity index (χ1v) is 6.18. The van der Waals surface area contributed by atoms with E-state index in [4.69, 9.17) is 5.73 Å². The zero-order chi connectivity index (χ0) is 14.6. The van der Waals surface area contributed by atoms with E-state index in [-0.39, 0.29) is 0 Å². The highest BCUT2D eigenvalue weighted by Crippen LogP contribution is 2.23. The molecule has 104 valence electrons. The number of carbonyl (C=O) groups is 2. The van der Waals surface area contributed by atoms with Gasteiger partial charge in [-0.3, -0.25) is 9.59 Å². The number of aliphatic carboxylic acids is 1. The Morgan fingerprint density at radius 2 is 2.05 bits per heavy atom. The molecule has 1 atom stereocenters. The lowest BCUT2D eigenvalue weighted by molar-refractivity contribution is -0.147. The summed E-state index contributed by atoms with van der Waals surface area (Å²) in [5, 5.41) is 12.3. The summed E-state index contributed by atoms with van der Waals surface area (Å²) in [7, 11) is 0. The van der Waals surface area contributed by atoms with Crippen LogP contribution in [0.3, 0.4) is 0 Å². The monoisotopic (exact) mass is 264 g/mol. The van der Waals surface area contributed by atoms with Crippen LogP contribution in [-0.2, 0) is 4.79 Å². The molecule has 0 spiro atoms. The van der Waals surface area contributed by atoms with E-state index in [2.05, 4.69) is 5.32 Å². The number of amides is 1. The van der Waals surface area contributed by atoms with Crippen LogP contribution in [0.4, 0.5) is 5.69 Å². The van der Waals surface area contributed by atoms with Gasteiger partial charge >= 0.3 is 5.97 Å². The van der Waals surface area contributed by atoms with E-state index in [9.17, 15) is 14.7 Å². The minimum atomic E-state index is -0.826. The summed E-state index contributed by atoms with van der Waals surface area (Å²) < 4.78 is 0. The first-order chi connectivity index (χ1) is 8.80. The fraction of sp³-hybridized carbons (Fsp3) is 0.429. The summed E-state index contributed by atoms with van der Waals surface area (Å²) >= 11 is 0. The number of primary amides is 1. The van der Waals surface area contributed by atoms with Crippen molar-refractivity contribution in [3.63, 3.8) is 0 Å². The van der Waals surface area contributed by atoms with Gasteiger partial charge in [0.25, 0.3) is 0 Å². The molecule has 0 saturated heterocycles. The van der Waals surface area contributed by atoms with E-state index in [1.165, 1.54) is 0 Å². The van der Waals surface area contributed by atoms with E-state index < -0.39 is 17.3 Å². The standard InChI is InChI=1S/C14H20N2O3/c1-4-14(3,13(18)19)8-16-10-5-6-11(12(15)17)9(2)7-10/h5-7,16H,4,8H2,1-3H3,(H2,15,17)(H,18,19). The maximum atomic E-state index is 11.2. The van der Waals surface area contributed by atoms with Crippen molar-refractivity contribution in [3.8, 4) is 0 Å². The molecule has 19 heavy (non-hydrogen) atoms. The van der Waals surface area contributed by atoms with E-state index in [1.54, 1.807) is 32.0 Å². The predicted octanol–water partition coefficient (Wildman–Crippen LogP) is 2.01. The van der Waals surface area contributed by atoms with Crippen LogP contribution in [0.1, 0.15) is 36.2 Å². The topological polar surface area (TPSA) is 92.4 Å². The normalized spacial score (nSPS) is 13.6. The molecule has 1 unspecified atom stereocenters. The van der Waals surface area contributed by atoms with Crippen LogP contribution in [0.5, 0.6) is 0 Å². The van der Waals surface area contributed by atoms with Gasteiger partial charge in [0.2, 0.25) is 5.91 Å². The summed E-state index contributed by atoms with van der Waals surface area (Å²) in [4.78, 5) is 22.3. The third kappa shape index (κ3) is 3.47. The number of anilines is 1. The van der Waals surface area contributed by atoms with Gasteiger partial charge in [-0.05, 0) is 44.0 Å². The van der Waals surface area contributed by atoms with Gasteiger partial charge in [0, 0.05) is 17.8 Å². The molecule has 0 aliphatic rings. The molecule has 0 aliphatic carbocycles. The zero-order valence-electron chi connectivity index (χ0n) is 11.5. The minimum absolute atomic E-state index is 0.328. The molecule has 5 heteroatoms. The van der Waals surface area contributed by atoms with Crippen molar-refractivity contribution >= 4 is 17.6 Å². The Labute approximate surface area is 112 Å². The number of hydrogen-bond donors (Lipinski definition) is 3. The molecule has 0 aromatic heterocycles. The molecular formula is C14H20N2O3. The van der Waals surface area contributed by atoms with Crippen LogP contribution in [0.15, 0.2) is 18.2 Å². The second-order valence-electron chi connectivity index (χ2n) is 4.97. The third-order valence-electron chi connectivity index (χ3n) is 3.47. The van der Waals surface area contributed by atoms with Gasteiger partial charge < -0.3 is 16.2 Å². The average Bonchev–Trinajstić information content (AvgIpc) is 2.35. The number of hydrogen-bond acceptors (Lipinski definition) is 3. The molecule has 0 saturated carbocycles. The lowest BCUT2D eigenvalue weighted by Gasteiger charge is -2.24. The summed E-state index contributed by atoms with van der Waals surface area (Å²) in [6.45, 7) is 5.67. The summed E-state index contributed by atoms with van der Waals surface area (Å²) in [6, 6.07) is 5.16.